The molecule has 5 nitrogen and oxygen atoms in total. The standard InChI is InChI=1S/C17H36O5/c1-19-12-13-21-16-17-22-15-14-20-11-9-7-5-3-2-4-6-8-10-18/h18H,2-17H2,1H3. The number of ether oxygens (including phenoxy) is 4. The highest BCUT2D eigenvalue weighted by molar-refractivity contribution is 4.46. The molecule has 0 radical (unpaired) electrons. The third kappa shape index (κ3) is 19.8. The molecule has 0 bridgehead atoms. The third-order valence-corrected chi connectivity index (χ3v) is 3.37. The summed E-state index contributed by atoms with van der Waals surface area (Å²) in [5.41, 5.74) is 0. The van der Waals surface area contributed by atoms with Crippen LogP contribution in [0, 0.1) is 0 Å². The van der Waals surface area contributed by atoms with Gasteiger partial charge in [-0.25, -0.2) is 0 Å². The minimum Gasteiger partial charge on any atom is -0.396 e. The molecular formula is C17H36O5. The van der Waals surface area contributed by atoms with E-state index in [-0.39, 0.29) is 0 Å². The minimum absolute atomic E-state index is 0.335. The number of rotatable bonds is 19. The van der Waals surface area contributed by atoms with Crippen LogP contribution in [0.1, 0.15) is 51.4 Å². The van der Waals surface area contributed by atoms with Gasteiger partial charge in [0.2, 0.25) is 0 Å². The van der Waals surface area contributed by atoms with E-state index in [9.17, 15) is 0 Å². The number of aliphatic hydroxyl groups excluding tert-OH is 1. The molecule has 5 heteroatoms. The quantitative estimate of drug-likeness (QED) is 0.371. The van der Waals surface area contributed by atoms with E-state index in [2.05, 4.69) is 0 Å². The maximum atomic E-state index is 8.67. The molecule has 0 aromatic rings. The van der Waals surface area contributed by atoms with Crippen molar-refractivity contribution in [3.05, 3.63) is 0 Å². The van der Waals surface area contributed by atoms with E-state index >= 15 is 0 Å². The Bertz CT molecular complexity index is 170. The van der Waals surface area contributed by atoms with Crippen LogP contribution in [0.2, 0.25) is 0 Å². The average molecular weight is 320 g/mol. The van der Waals surface area contributed by atoms with Crippen molar-refractivity contribution in [1.29, 1.82) is 0 Å². The fourth-order valence-corrected chi connectivity index (χ4v) is 2.06. The molecule has 0 aromatic heterocycles. The molecule has 0 saturated carbocycles. The lowest BCUT2D eigenvalue weighted by atomic mass is 10.1. The highest BCUT2D eigenvalue weighted by atomic mass is 16.6. The molecule has 0 amide bonds. The van der Waals surface area contributed by atoms with Crippen LogP contribution in [0.25, 0.3) is 0 Å². The van der Waals surface area contributed by atoms with Gasteiger partial charge in [0.25, 0.3) is 0 Å². The van der Waals surface area contributed by atoms with Crippen LogP contribution in [0.4, 0.5) is 0 Å². The van der Waals surface area contributed by atoms with Gasteiger partial charge in [0.15, 0.2) is 0 Å². The van der Waals surface area contributed by atoms with E-state index in [0.29, 0.717) is 46.2 Å². The SMILES string of the molecule is COCCOCCOCCOCCCCCCCCCCO. The summed E-state index contributed by atoms with van der Waals surface area (Å²) in [5, 5.41) is 8.67. The Morgan fingerprint density at radius 3 is 1.41 bits per heavy atom. The van der Waals surface area contributed by atoms with Gasteiger partial charge in [-0.15, -0.1) is 0 Å². The van der Waals surface area contributed by atoms with Crippen LogP contribution in [-0.4, -0.2) is 65.1 Å². The Balaban J connectivity index is 2.91. The number of methoxy groups -OCH3 is 1. The van der Waals surface area contributed by atoms with E-state index in [4.69, 9.17) is 24.1 Å². The molecule has 134 valence electrons. The van der Waals surface area contributed by atoms with Crippen LogP contribution < -0.4 is 0 Å². The Morgan fingerprint density at radius 1 is 0.500 bits per heavy atom. The maximum absolute atomic E-state index is 8.67. The second kappa shape index (κ2) is 20.8. The summed E-state index contributed by atoms with van der Waals surface area (Å²) in [7, 11) is 1.66. The van der Waals surface area contributed by atoms with Crippen molar-refractivity contribution in [2.45, 2.75) is 51.4 Å². The minimum atomic E-state index is 0.335. The Hall–Kier alpha value is -0.200. The van der Waals surface area contributed by atoms with Crippen LogP contribution >= 0.6 is 0 Å². The molecule has 0 spiro atoms. The molecule has 0 atom stereocenters. The van der Waals surface area contributed by atoms with Gasteiger partial charge >= 0.3 is 0 Å². The van der Waals surface area contributed by atoms with Gasteiger partial charge in [0.1, 0.15) is 0 Å². The first kappa shape index (κ1) is 21.8. The third-order valence-electron chi connectivity index (χ3n) is 3.37. The summed E-state index contributed by atoms with van der Waals surface area (Å²) < 4.78 is 21.1. The first-order chi connectivity index (χ1) is 10.9. The normalized spacial score (nSPS) is 11.2. The molecule has 0 aliphatic carbocycles. The highest BCUT2D eigenvalue weighted by Crippen LogP contribution is 2.08. The van der Waals surface area contributed by atoms with E-state index < -0.39 is 0 Å². The molecule has 0 fully saturated rings. The Morgan fingerprint density at radius 2 is 0.909 bits per heavy atom. The number of aliphatic hydroxyl groups is 1. The lowest BCUT2D eigenvalue weighted by molar-refractivity contribution is 0.00323. The van der Waals surface area contributed by atoms with Crippen LogP contribution in [0.5, 0.6) is 0 Å². The molecular weight excluding hydrogens is 284 g/mol. The zero-order valence-electron chi connectivity index (χ0n) is 14.4. The van der Waals surface area contributed by atoms with Crippen LogP contribution in [0.3, 0.4) is 0 Å². The molecule has 0 aliphatic heterocycles. The molecule has 0 rings (SSSR count). The van der Waals surface area contributed by atoms with Gasteiger partial charge in [-0.1, -0.05) is 38.5 Å². The number of hydrogen-bond donors (Lipinski definition) is 1. The second-order valence-electron chi connectivity index (χ2n) is 5.38. The van der Waals surface area contributed by atoms with E-state index in [0.717, 1.165) is 25.9 Å². The van der Waals surface area contributed by atoms with Crippen molar-refractivity contribution in [3.8, 4) is 0 Å². The fraction of sp³-hybridized carbons (Fsp3) is 1.00. The van der Waals surface area contributed by atoms with E-state index in [1.165, 1.54) is 32.1 Å². The van der Waals surface area contributed by atoms with Gasteiger partial charge in [0, 0.05) is 20.3 Å². The maximum Gasteiger partial charge on any atom is 0.0701 e. The lowest BCUT2D eigenvalue weighted by Gasteiger charge is -2.06. The van der Waals surface area contributed by atoms with Gasteiger partial charge < -0.3 is 24.1 Å². The van der Waals surface area contributed by atoms with Crippen molar-refractivity contribution < 1.29 is 24.1 Å². The summed E-state index contributed by atoms with van der Waals surface area (Å²) in [5.74, 6) is 0. The zero-order valence-corrected chi connectivity index (χ0v) is 14.4. The second-order valence-corrected chi connectivity index (χ2v) is 5.38. The molecule has 0 saturated heterocycles. The first-order valence-electron chi connectivity index (χ1n) is 8.75. The predicted molar refractivity (Wildman–Crippen MR) is 88.4 cm³/mol. The van der Waals surface area contributed by atoms with Gasteiger partial charge in [-0.05, 0) is 12.8 Å². The van der Waals surface area contributed by atoms with Crippen molar-refractivity contribution in [2.24, 2.45) is 0 Å². The number of unbranched alkanes of at least 4 members (excludes halogenated alkanes) is 7. The van der Waals surface area contributed by atoms with Crippen molar-refractivity contribution >= 4 is 0 Å². The average Bonchev–Trinajstić information content (AvgIpc) is 2.54. The van der Waals surface area contributed by atoms with Crippen molar-refractivity contribution in [2.75, 3.05) is 60.0 Å². The molecule has 1 N–H and O–H groups in total. The largest absolute Gasteiger partial charge is 0.396 e. The number of hydrogen-bond acceptors (Lipinski definition) is 5. The Kier molecular flexibility index (Phi) is 20.6. The van der Waals surface area contributed by atoms with E-state index in [1.807, 2.05) is 0 Å². The Labute approximate surface area is 136 Å². The molecule has 0 unspecified atom stereocenters. The smallest absolute Gasteiger partial charge is 0.0701 e. The van der Waals surface area contributed by atoms with Gasteiger partial charge in [0.05, 0.1) is 39.6 Å². The first-order valence-corrected chi connectivity index (χ1v) is 8.75. The fourth-order valence-electron chi connectivity index (χ4n) is 2.06. The monoisotopic (exact) mass is 320 g/mol. The topological polar surface area (TPSA) is 57.2 Å². The highest BCUT2D eigenvalue weighted by Gasteiger charge is 1.94. The van der Waals surface area contributed by atoms with Crippen molar-refractivity contribution in [3.63, 3.8) is 0 Å². The van der Waals surface area contributed by atoms with Crippen LogP contribution in [-0.2, 0) is 18.9 Å². The summed E-state index contributed by atoms with van der Waals surface area (Å²) in [6.07, 6.45) is 9.64. The van der Waals surface area contributed by atoms with E-state index in [1.54, 1.807) is 7.11 Å². The lowest BCUT2D eigenvalue weighted by Crippen LogP contribution is -2.11. The summed E-state index contributed by atoms with van der Waals surface area (Å²) in [6, 6.07) is 0. The summed E-state index contributed by atoms with van der Waals surface area (Å²) >= 11 is 0. The van der Waals surface area contributed by atoms with Gasteiger partial charge in [-0.3, -0.25) is 0 Å². The van der Waals surface area contributed by atoms with Crippen molar-refractivity contribution in [1.82, 2.24) is 0 Å². The summed E-state index contributed by atoms with van der Waals surface area (Å²) in [4.78, 5) is 0. The molecule has 0 aromatic carbocycles. The van der Waals surface area contributed by atoms with Crippen LogP contribution in [0.15, 0.2) is 0 Å². The molecule has 22 heavy (non-hydrogen) atoms. The summed E-state index contributed by atoms with van der Waals surface area (Å²) in [6.45, 7) is 4.95. The molecule has 0 aliphatic rings. The van der Waals surface area contributed by atoms with Gasteiger partial charge in [-0.2, -0.15) is 0 Å². The molecule has 0 heterocycles. The predicted octanol–water partition coefficient (Wildman–Crippen LogP) is 2.80. The zero-order chi connectivity index (χ0) is 16.1.